The summed E-state index contributed by atoms with van der Waals surface area (Å²) in [4.78, 5) is 0. The van der Waals surface area contributed by atoms with Crippen LogP contribution in [0.4, 0.5) is 0 Å². The molecule has 0 amide bonds. The van der Waals surface area contributed by atoms with E-state index in [0.717, 1.165) is 17.9 Å². The lowest BCUT2D eigenvalue weighted by Crippen LogP contribution is -2.48. The van der Waals surface area contributed by atoms with Crippen LogP contribution in [0.15, 0.2) is 108 Å². The molecule has 5 aromatic heterocycles. The summed E-state index contributed by atoms with van der Waals surface area (Å²) < 4.78 is 50.7. The Balaban J connectivity index is 0.000000461. The van der Waals surface area contributed by atoms with Gasteiger partial charge in [-0.2, -0.15) is 0 Å². The molecule has 0 N–H and O–H groups in total. The van der Waals surface area contributed by atoms with Gasteiger partial charge in [-0.1, -0.05) is 14.4 Å². The maximum Gasteiger partial charge on any atom is 1.00 e. The van der Waals surface area contributed by atoms with Crippen molar-refractivity contribution < 1.29 is 41.2 Å². The van der Waals surface area contributed by atoms with E-state index in [1.54, 1.807) is 73.6 Å². The van der Waals surface area contributed by atoms with Gasteiger partial charge in [0.15, 0.2) is 0 Å². The molecule has 0 fully saturated rings. The molecule has 5 heterocycles. The molecule has 38 heavy (non-hydrogen) atoms. The van der Waals surface area contributed by atoms with Gasteiger partial charge in [-0.05, 0) is 67.6 Å². The molecule has 0 aliphatic carbocycles. The molecular weight excluding hydrogens is 508 g/mol. The molecule has 0 saturated heterocycles. The van der Waals surface area contributed by atoms with E-state index in [9.17, 15) is 0 Å². The highest BCUT2D eigenvalue weighted by atomic mass is 28.4. The van der Waals surface area contributed by atoms with Crippen molar-refractivity contribution in [2.45, 2.75) is 54.1 Å². The van der Waals surface area contributed by atoms with Gasteiger partial charge >= 0.3 is 10.5 Å². The van der Waals surface area contributed by atoms with Crippen LogP contribution in [0, 0.1) is 6.92 Å². The van der Waals surface area contributed by atoms with Crippen molar-refractivity contribution in [3.05, 3.63) is 120 Å². The second-order valence-corrected chi connectivity index (χ2v) is 9.99. The molecule has 5 rings (SSSR count). The summed E-state index contributed by atoms with van der Waals surface area (Å²) >= 11 is 0. The summed E-state index contributed by atoms with van der Waals surface area (Å²) in [5.74, 6) is 4.54. The topological polar surface area (TPSA) is 103 Å². The van der Waals surface area contributed by atoms with Gasteiger partial charge in [0, 0.05) is 6.42 Å². The smallest absolute Gasteiger partial charge is 0.467 e. The second kappa shape index (κ2) is 15.0. The van der Waals surface area contributed by atoms with Crippen LogP contribution in [-0.4, -0.2) is 9.05 Å². The van der Waals surface area contributed by atoms with Crippen molar-refractivity contribution in [2.24, 2.45) is 0 Å². The highest BCUT2D eigenvalue weighted by Gasteiger charge is 2.47. The maximum absolute atomic E-state index is 6.02. The van der Waals surface area contributed by atoms with Crippen molar-refractivity contribution in [3.63, 3.8) is 0 Å². The van der Waals surface area contributed by atoms with Crippen LogP contribution >= 0.6 is 0 Å². The van der Waals surface area contributed by atoms with E-state index in [2.05, 4.69) is 6.92 Å². The van der Waals surface area contributed by atoms with Gasteiger partial charge in [0.05, 0.1) is 51.5 Å². The first kappa shape index (κ1) is 29.0. The number of aryl methyl sites for hydroxylation is 2. The largest absolute Gasteiger partial charge is 1.00 e. The Morgan fingerprint density at radius 2 is 0.947 bits per heavy atom. The lowest BCUT2D eigenvalue weighted by atomic mass is 10.4. The average Bonchev–Trinajstić information content (AvgIpc) is 3.76. The van der Waals surface area contributed by atoms with Crippen LogP contribution in [0.25, 0.3) is 0 Å². The first-order valence-electron chi connectivity index (χ1n) is 11.8. The minimum absolute atomic E-state index is 0. The van der Waals surface area contributed by atoms with Crippen LogP contribution < -0.4 is 0 Å². The maximum atomic E-state index is 6.02. The summed E-state index contributed by atoms with van der Waals surface area (Å²) in [6.45, 7) is 4.51. The number of hydrogen-bond acceptors (Lipinski definition) is 9. The Kier molecular flexibility index (Phi) is 11.5. The molecule has 5 aromatic rings. The molecule has 0 spiro atoms. The highest BCUT2D eigenvalue weighted by Crippen LogP contribution is 2.22. The van der Waals surface area contributed by atoms with Gasteiger partial charge in [0.1, 0.15) is 34.6 Å². The first-order valence-corrected chi connectivity index (χ1v) is 13.5. The molecule has 204 valence electrons. The van der Waals surface area contributed by atoms with E-state index < -0.39 is 9.05 Å². The minimum Gasteiger partial charge on any atom is -0.467 e. The van der Waals surface area contributed by atoms with E-state index in [1.807, 2.05) is 19.1 Å². The first-order chi connectivity index (χ1) is 18.1. The summed E-state index contributed by atoms with van der Waals surface area (Å²) in [5, 5.41) is 0. The highest BCUT2D eigenvalue weighted by molar-refractivity contribution is 6.53. The number of rotatable bonds is 13. The molecule has 0 aromatic carbocycles. The van der Waals surface area contributed by atoms with E-state index in [-0.39, 0.29) is 35.3 Å². The standard InChI is InChI=1S/C20H20O8Si.C7H10O.CH4/c1-5-17(21-9-1)13-25-29(26-14-18-6-2-10-22-18,27-15-19-7-3-11-23-19)28-16-20-8-4-12-24-20;1-3-7-5-4-6(2)8-7;/h1-12H,13-16H2;4-5H,3H2,1-2H3;1H4/p+1. The molecular formula is C28H35O9Si+. The Labute approximate surface area is 224 Å². The van der Waals surface area contributed by atoms with Gasteiger partial charge in [0.25, 0.3) is 0 Å². The minimum atomic E-state index is -3.66. The predicted octanol–water partition coefficient (Wildman–Crippen LogP) is 7.56. The summed E-state index contributed by atoms with van der Waals surface area (Å²) in [6, 6.07) is 18.3. The van der Waals surface area contributed by atoms with E-state index in [0.29, 0.717) is 23.0 Å². The van der Waals surface area contributed by atoms with Gasteiger partial charge in [-0.15, -0.1) is 0 Å². The molecule has 0 saturated carbocycles. The molecule has 10 heteroatoms. The number of hydrogen-bond donors (Lipinski definition) is 0. The fraction of sp³-hybridized carbons (Fsp3) is 0.286. The summed E-state index contributed by atoms with van der Waals surface area (Å²) in [6.07, 6.45) is 7.27. The van der Waals surface area contributed by atoms with Gasteiger partial charge in [-0.25, -0.2) is 0 Å². The molecule has 0 bridgehead atoms. The predicted molar refractivity (Wildman–Crippen MR) is 140 cm³/mol. The fourth-order valence-electron chi connectivity index (χ4n) is 3.14. The molecule has 9 nitrogen and oxygen atoms in total. The molecule has 0 aliphatic heterocycles. The van der Waals surface area contributed by atoms with Crippen LogP contribution in [-0.2, 0) is 50.6 Å². The van der Waals surface area contributed by atoms with Crippen molar-refractivity contribution >= 4 is 9.05 Å². The zero-order valence-corrected chi connectivity index (χ0v) is 21.8. The molecule has 0 unspecified atom stereocenters. The van der Waals surface area contributed by atoms with Crippen LogP contribution in [0.1, 0.15) is 50.3 Å². The molecule has 0 atom stereocenters. The quantitative estimate of drug-likeness (QED) is 0.139. The fourth-order valence-corrected chi connectivity index (χ4v) is 4.92. The SMILES string of the molecule is C.CCc1ccc(C)o1.[H+].c1coc(CO[Si](OCc2ccco2)(OCc2ccco2)OCc2ccco2)c1. The van der Waals surface area contributed by atoms with E-state index in [1.165, 1.54) is 0 Å². The zero-order chi connectivity index (χ0) is 25.8. The van der Waals surface area contributed by atoms with Gasteiger partial charge in [-0.3, -0.25) is 0 Å². The average molecular weight is 544 g/mol. The van der Waals surface area contributed by atoms with E-state index >= 15 is 0 Å². The number of furan rings is 5. The molecule has 0 aliphatic rings. The summed E-state index contributed by atoms with van der Waals surface area (Å²) in [5.41, 5.74) is 0. The van der Waals surface area contributed by atoms with Gasteiger partial charge < -0.3 is 39.8 Å². The van der Waals surface area contributed by atoms with E-state index in [4.69, 9.17) is 39.8 Å². The third-order valence-electron chi connectivity index (χ3n) is 5.03. The zero-order valence-electron chi connectivity index (χ0n) is 21.8. The van der Waals surface area contributed by atoms with Crippen molar-refractivity contribution in [1.82, 2.24) is 0 Å². The van der Waals surface area contributed by atoms with Crippen molar-refractivity contribution in [1.29, 1.82) is 0 Å². The third-order valence-corrected chi connectivity index (χ3v) is 7.02. The Morgan fingerprint density at radius 3 is 1.16 bits per heavy atom. The van der Waals surface area contributed by atoms with Crippen LogP contribution in [0.5, 0.6) is 0 Å². The molecule has 0 radical (unpaired) electrons. The van der Waals surface area contributed by atoms with Crippen molar-refractivity contribution in [3.8, 4) is 0 Å². The Morgan fingerprint density at radius 1 is 0.579 bits per heavy atom. The lowest BCUT2D eigenvalue weighted by Gasteiger charge is -2.27. The lowest BCUT2D eigenvalue weighted by molar-refractivity contribution is -0.0610. The Hall–Kier alpha value is -3.54. The Bertz CT molecular complexity index is 1070. The van der Waals surface area contributed by atoms with Crippen molar-refractivity contribution in [2.75, 3.05) is 0 Å². The van der Waals surface area contributed by atoms with Crippen LogP contribution in [0.2, 0.25) is 0 Å². The van der Waals surface area contributed by atoms with Gasteiger partial charge in [0.2, 0.25) is 0 Å². The monoisotopic (exact) mass is 543 g/mol. The van der Waals surface area contributed by atoms with Crippen LogP contribution in [0.3, 0.4) is 0 Å². The summed E-state index contributed by atoms with van der Waals surface area (Å²) in [7, 11) is -3.66. The normalized spacial score (nSPS) is 11.1. The third kappa shape index (κ3) is 9.09. The second-order valence-electron chi connectivity index (χ2n) is 7.84.